The van der Waals surface area contributed by atoms with E-state index in [1.165, 1.54) is 19.2 Å². The van der Waals surface area contributed by atoms with Crippen molar-refractivity contribution < 1.29 is 18.7 Å². The maximum atomic E-state index is 13.4. The van der Waals surface area contributed by atoms with Crippen LogP contribution in [0.25, 0.3) is 0 Å². The fraction of sp³-hybridized carbons (Fsp3) is 0.235. The molecule has 0 spiro atoms. The predicted octanol–water partition coefficient (Wildman–Crippen LogP) is 3.14. The van der Waals surface area contributed by atoms with E-state index in [9.17, 15) is 9.18 Å². The van der Waals surface area contributed by atoms with Gasteiger partial charge in [-0.3, -0.25) is 0 Å². The number of methoxy groups -OCH3 is 1. The summed E-state index contributed by atoms with van der Waals surface area (Å²) < 4.78 is 24.0. The number of halogens is 1. The van der Waals surface area contributed by atoms with E-state index in [0.29, 0.717) is 17.7 Å². The molecule has 0 unspecified atom stereocenters. The van der Waals surface area contributed by atoms with Gasteiger partial charge in [-0.2, -0.15) is 0 Å². The van der Waals surface area contributed by atoms with E-state index >= 15 is 0 Å². The Morgan fingerprint density at radius 2 is 2.14 bits per heavy atom. The highest BCUT2D eigenvalue weighted by Crippen LogP contribution is 2.40. The number of fused-ring (bicyclic) bond motifs is 1. The number of hydrogen-bond acceptors (Lipinski definition) is 4. The molecule has 2 aromatic rings. The van der Waals surface area contributed by atoms with Gasteiger partial charge >= 0.3 is 5.97 Å². The number of nitrogens with two attached hydrogens (primary N) is 1. The molecule has 0 radical (unpaired) electrons. The van der Waals surface area contributed by atoms with E-state index in [4.69, 9.17) is 15.2 Å². The molecule has 4 nitrogen and oxygen atoms in total. The topological polar surface area (TPSA) is 61.5 Å². The molecule has 1 aliphatic rings. The van der Waals surface area contributed by atoms with Crippen LogP contribution in [0.1, 0.15) is 40.1 Å². The Morgan fingerprint density at radius 3 is 2.91 bits per heavy atom. The lowest BCUT2D eigenvalue weighted by atomic mass is 9.93. The van der Waals surface area contributed by atoms with Crippen molar-refractivity contribution in [2.75, 3.05) is 7.11 Å². The Kier molecular flexibility index (Phi) is 3.81. The van der Waals surface area contributed by atoms with Gasteiger partial charge in [0.05, 0.1) is 12.7 Å². The molecule has 1 aliphatic heterocycles. The molecule has 2 atom stereocenters. The number of hydrogen-bond donors (Lipinski definition) is 1. The van der Waals surface area contributed by atoms with E-state index in [1.54, 1.807) is 24.3 Å². The zero-order valence-corrected chi connectivity index (χ0v) is 12.1. The first-order valence-corrected chi connectivity index (χ1v) is 6.98. The average molecular weight is 301 g/mol. The summed E-state index contributed by atoms with van der Waals surface area (Å²) in [6, 6.07) is 11.1. The zero-order valence-electron chi connectivity index (χ0n) is 12.1. The summed E-state index contributed by atoms with van der Waals surface area (Å²) in [5.41, 5.74) is 8.21. The van der Waals surface area contributed by atoms with Crippen molar-refractivity contribution in [1.82, 2.24) is 0 Å². The summed E-state index contributed by atoms with van der Waals surface area (Å²) >= 11 is 0. The molecule has 1 heterocycles. The van der Waals surface area contributed by atoms with Gasteiger partial charge in [-0.15, -0.1) is 0 Å². The third kappa shape index (κ3) is 2.67. The molecule has 0 fully saturated rings. The molecule has 2 aromatic carbocycles. The summed E-state index contributed by atoms with van der Waals surface area (Å²) in [4.78, 5) is 11.6. The Balaban J connectivity index is 1.92. The van der Waals surface area contributed by atoms with Crippen LogP contribution in [0.5, 0.6) is 5.75 Å². The van der Waals surface area contributed by atoms with Gasteiger partial charge in [0.25, 0.3) is 0 Å². The van der Waals surface area contributed by atoms with E-state index in [1.807, 2.05) is 6.07 Å². The monoisotopic (exact) mass is 301 g/mol. The highest BCUT2D eigenvalue weighted by atomic mass is 19.1. The first-order valence-electron chi connectivity index (χ1n) is 6.98. The SMILES string of the molecule is COC(=O)c1cccc([C@H]2C[C@@H](N)c3ccc(F)cc3O2)c1. The summed E-state index contributed by atoms with van der Waals surface area (Å²) in [5, 5.41) is 0. The average Bonchev–Trinajstić information content (AvgIpc) is 2.53. The summed E-state index contributed by atoms with van der Waals surface area (Å²) in [6.07, 6.45) is 0.234. The van der Waals surface area contributed by atoms with Crippen LogP contribution in [-0.2, 0) is 4.74 Å². The van der Waals surface area contributed by atoms with Gasteiger partial charge < -0.3 is 15.2 Å². The smallest absolute Gasteiger partial charge is 0.337 e. The Labute approximate surface area is 127 Å². The molecule has 5 heteroatoms. The minimum absolute atomic E-state index is 0.240. The molecule has 22 heavy (non-hydrogen) atoms. The van der Waals surface area contributed by atoms with Gasteiger partial charge in [-0.1, -0.05) is 18.2 Å². The molecular weight excluding hydrogens is 285 g/mol. The lowest BCUT2D eigenvalue weighted by Gasteiger charge is -2.30. The molecule has 0 aromatic heterocycles. The van der Waals surface area contributed by atoms with Crippen LogP contribution in [0.4, 0.5) is 4.39 Å². The normalized spacial score (nSPS) is 20.0. The van der Waals surface area contributed by atoms with Crippen molar-refractivity contribution in [2.24, 2.45) is 5.73 Å². The fourth-order valence-electron chi connectivity index (χ4n) is 2.66. The van der Waals surface area contributed by atoms with Gasteiger partial charge in [-0.25, -0.2) is 9.18 Å². The first kappa shape index (κ1) is 14.5. The molecule has 2 N–H and O–H groups in total. The van der Waals surface area contributed by atoms with Crippen LogP contribution >= 0.6 is 0 Å². The van der Waals surface area contributed by atoms with Crippen molar-refractivity contribution in [3.05, 3.63) is 65.0 Å². The van der Waals surface area contributed by atoms with Crippen LogP contribution in [0.3, 0.4) is 0 Å². The van der Waals surface area contributed by atoms with Gasteiger partial charge in [-0.05, 0) is 23.8 Å². The number of carbonyl (C=O) groups excluding carboxylic acids is 1. The van der Waals surface area contributed by atoms with E-state index in [-0.39, 0.29) is 18.0 Å². The number of esters is 1. The van der Waals surface area contributed by atoms with Crippen LogP contribution in [0.2, 0.25) is 0 Å². The van der Waals surface area contributed by atoms with Gasteiger partial charge in [0.2, 0.25) is 0 Å². The second kappa shape index (κ2) is 5.77. The van der Waals surface area contributed by atoms with E-state index in [2.05, 4.69) is 0 Å². The largest absolute Gasteiger partial charge is 0.485 e. The summed E-state index contributed by atoms with van der Waals surface area (Å²) in [6.45, 7) is 0. The van der Waals surface area contributed by atoms with Crippen molar-refractivity contribution in [3.8, 4) is 5.75 Å². The van der Waals surface area contributed by atoms with Crippen LogP contribution in [-0.4, -0.2) is 13.1 Å². The quantitative estimate of drug-likeness (QED) is 0.866. The molecule has 0 aliphatic carbocycles. The molecule has 0 bridgehead atoms. The second-order valence-corrected chi connectivity index (χ2v) is 5.25. The number of carbonyl (C=O) groups is 1. The number of rotatable bonds is 2. The van der Waals surface area contributed by atoms with Crippen molar-refractivity contribution >= 4 is 5.97 Å². The van der Waals surface area contributed by atoms with E-state index in [0.717, 1.165) is 11.1 Å². The Morgan fingerprint density at radius 1 is 1.32 bits per heavy atom. The standard InChI is InChI=1S/C17H16FNO3/c1-21-17(20)11-4-2-3-10(7-11)15-9-14(19)13-6-5-12(18)8-16(13)22-15/h2-8,14-15H,9,19H2,1H3/t14-,15-/m1/s1. The number of benzene rings is 2. The predicted molar refractivity (Wildman–Crippen MR) is 79.1 cm³/mol. The minimum atomic E-state index is -0.409. The van der Waals surface area contributed by atoms with Crippen LogP contribution < -0.4 is 10.5 Å². The molecule has 114 valence electrons. The van der Waals surface area contributed by atoms with Crippen molar-refractivity contribution in [1.29, 1.82) is 0 Å². The van der Waals surface area contributed by atoms with Crippen LogP contribution in [0, 0.1) is 5.82 Å². The van der Waals surface area contributed by atoms with Gasteiger partial charge in [0.1, 0.15) is 17.7 Å². The number of ether oxygens (including phenoxy) is 2. The first-order chi connectivity index (χ1) is 10.6. The van der Waals surface area contributed by atoms with Crippen LogP contribution in [0.15, 0.2) is 42.5 Å². The highest BCUT2D eigenvalue weighted by molar-refractivity contribution is 5.89. The van der Waals surface area contributed by atoms with E-state index < -0.39 is 5.97 Å². The minimum Gasteiger partial charge on any atom is -0.485 e. The van der Waals surface area contributed by atoms with Gasteiger partial charge in [0.15, 0.2) is 0 Å². The molecule has 0 saturated carbocycles. The lowest BCUT2D eigenvalue weighted by molar-refractivity contribution is 0.0600. The second-order valence-electron chi connectivity index (χ2n) is 5.25. The lowest BCUT2D eigenvalue weighted by Crippen LogP contribution is -2.24. The van der Waals surface area contributed by atoms with Crippen molar-refractivity contribution in [3.63, 3.8) is 0 Å². The summed E-state index contributed by atoms with van der Waals surface area (Å²) in [7, 11) is 1.33. The molecule has 0 saturated heterocycles. The van der Waals surface area contributed by atoms with Crippen molar-refractivity contribution in [2.45, 2.75) is 18.6 Å². The highest BCUT2D eigenvalue weighted by Gasteiger charge is 2.27. The molecular formula is C17H16FNO3. The third-order valence-corrected chi connectivity index (χ3v) is 3.79. The fourth-order valence-corrected chi connectivity index (χ4v) is 2.66. The molecule has 0 amide bonds. The molecule has 3 rings (SSSR count). The maximum Gasteiger partial charge on any atom is 0.337 e. The van der Waals surface area contributed by atoms with Gasteiger partial charge in [0, 0.05) is 24.1 Å². The Hall–Kier alpha value is -2.40. The third-order valence-electron chi connectivity index (χ3n) is 3.79. The maximum absolute atomic E-state index is 13.4. The zero-order chi connectivity index (χ0) is 15.7. The Bertz CT molecular complexity index is 717. The summed E-state index contributed by atoms with van der Waals surface area (Å²) in [5.74, 6) is -0.324.